The van der Waals surface area contributed by atoms with Gasteiger partial charge in [-0.15, -0.1) is 10.2 Å². The molecule has 0 radical (unpaired) electrons. The van der Waals surface area contributed by atoms with E-state index in [2.05, 4.69) is 37.9 Å². The van der Waals surface area contributed by atoms with Gasteiger partial charge in [0.2, 0.25) is 11.8 Å². The third kappa shape index (κ3) is 6.33. The second kappa shape index (κ2) is 12.4. The van der Waals surface area contributed by atoms with Crippen LogP contribution >= 0.6 is 0 Å². The zero-order valence-corrected chi connectivity index (χ0v) is 23.1. The maximum atomic E-state index is 12.7. The standard InChI is InChI=1S/C31H35N7O3/c39-30(32-14-4-16-37-15-3-7-31(37)40)21-23-22-38(27-6-2-1-5-26(23)27)29-13-12-28(34-35-29)33-24-8-10-25(11-9-24)36-17-19-41-20-18-36/h1-2,5-6,8-13,22H,3-4,7,14-21H2,(H,32,39)(H,33,34). The van der Waals surface area contributed by atoms with Gasteiger partial charge in [-0.3, -0.25) is 14.2 Å². The minimum atomic E-state index is -0.0362. The summed E-state index contributed by atoms with van der Waals surface area (Å²) in [7, 11) is 0. The van der Waals surface area contributed by atoms with E-state index in [0.717, 1.165) is 67.8 Å². The van der Waals surface area contributed by atoms with E-state index in [9.17, 15) is 9.59 Å². The number of carbonyl (C=O) groups is 2. The minimum Gasteiger partial charge on any atom is -0.378 e. The van der Waals surface area contributed by atoms with Crippen molar-refractivity contribution in [1.82, 2.24) is 25.0 Å². The van der Waals surface area contributed by atoms with E-state index >= 15 is 0 Å². The molecular weight excluding hydrogens is 518 g/mol. The van der Waals surface area contributed by atoms with Gasteiger partial charge in [-0.25, -0.2) is 0 Å². The number of carbonyl (C=O) groups excluding carboxylic acids is 2. The average molecular weight is 554 g/mol. The number of likely N-dealkylation sites (tertiary alicyclic amines) is 1. The maximum absolute atomic E-state index is 12.7. The Morgan fingerprint density at radius 3 is 2.54 bits per heavy atom. The molecule has 0 saturated carbocycles. The van der Waals surface area contributed by atoms with E-state index in [-0.39, 0.29) is 18.2 Å². The molecule has 0 atom stereocenters. The summed E-state index contributed by atoms with van der Waals surface area (Å²) in [5.41, 5.74) is 4.02. The molecule has 2 aliphatic rings. The number of fused-ring (bicyclic) bond motifs is 1. The summed E-state index contributed by atoms with van der Waals surface area (Å²) in [6, 6.07) is 20.1. The van der Waals surface area contributed by atoms with Crippen LogP contribution in [0.1, 0.15) is 24.8 Å². The number of aromatic nitrogens is 3. The molecular formula is C31H35N7O3. The Morgan fingerprint density at radius 1 is 0.951 bits per heavy atom. The molecule has 2 aromatic heterocycles. The predicted molar refractivity (Wildman–Crippen MR) is 159 cm³/mol. The molecule has 0 aliphatic carbocycles. The monoisotopic (exact) mass is 553 g/mol. The lowest BCUT2D eigenvalue weighted by atomic mass is 10.1. The SMILES string of the molecule is O=C(Cc1cn(-c2ccc(Nc3ccc(N4CCOCC4)cc3)nn2)c2ccccc12)NCCCN1CCCC1=O. The fourth-order valence-corrected chi connectivity index (χ4v) is 5.50. The second-order valence-electron chi connectivity index (χ2n) is 10.5. The summed E-state index contributed by atoms with van der Waals surface area (Å²) >= 11 is 0. The van der Waals surface area contributed by atoms with Crippen molar-refractivity contribution in [2.45, 2.75) is 25.7 Å². The van der Waals surface area contributed by atoms with Crippen LogP contribution in [0.25, 0.3) is 16.7 Å². The van der Waals surface area contributed by atoms with Crippen LogP contribution in [0.2, 0.25) is 0 Å². The molecule has 6 rings (SSSR count). The summed E-state index contributed by atoms with van der Waals surface area (Å²) in [4.78, 5) is 28.7. The molecule has 10 heteroatoms. The number of para-hydroxylation sites is 1. The number of nitrogens with zero attached hydrogens (tertiary/aromatic N) is 5. The zero-order chi connectivity index (χ0) is 28.0. The van der Waals surface area contributed by atoms with Gasteiger partial charge in [-0.2, -0.15) is 0 Å². The Kier molecular flexibility index (Phi) is 8.09. The lowest BCUT2D eigenvalue weighted by Crippen LogP contribution is -2.36. The van der Waals surface area contributed by atoms with Gasteiger partial charge in [0, 0.05) is 62.1 Å². The average Bonchev–Trinajstić information content (AvgIpc) is 3.59. The van der Waals surface area contributed by atoms with E-state index in [1.165, 1.54) is 5.69 Å². The van der Waals surface area contributed by atoms with Crippen LogP contribution in [0.5, 0.6) is 0 Å². The molecule has 4 aromatic rings. The van der Waals surface area contributed by atoms with Gasteiger partial charge in [0.05, 0.1) is 25.2 Å². The van der Waals surface area contributed by atoms with Crippen molar-refractivity contribution in [2.24, 2.45) is 0 Å². The highest BCUT2D eigenvalue weighted by Crippen LogP contribution is 2.26. The predicted octanol–water partition coefficient (Wildman–Crippen LogP) is 3.67. The normalized spacial score (nSPS) is 15.5. The molecule has 10 nitrogen and oxygen atoms in total. The lowest BCUT2D eigenvalue weighted by molar-refractivity contribution is -0.127. The first-order valence-electron chi connectivity index (χ1n) is 14.3. The van der Waals surface area contributed by atoms with Crippen molar-refractivity contribution in [3.05, 3.63) is 72.4 Å². The number of anilines is 3. The molecule has 4 heterocycles. The Balaban J connectivity index is 1.08. The van der Waals surface area contributed by atoms with Gasteiger partial charge in [-0.1, -0.05) is 18.2 Å². The van der Waals surface area contributed by atoms with Crippen LogP contribution in [-0.2, 0) is 20.7 Å². The number of morpholine rings is 1. The van der Waals surface area contributed by atoms with E-state index in [4.69, 9.17) is 4.74 Å². The highest BCUT2D eigenvalue weighted by Gasteiger charge is 2.19. The van der Waals surface area contributed by atoms with Gasteiger partial charge in [0.1, 0.15) is 0 Å². The van der Waals surface area contributed by atoms with Crippen LogP contribution < -0.4 is 15.5 Å². The second-order valence-corrected chi connectivity index (χ2v) is 10.5. The first kappa shape index (κ1) is 26.8. The number of rotatable bonds is 10. The highest BCUT2D eigenvalue weighted by atomic mass is 16.5. The third-order valence-corrected chi connectivity index (χ3v) is 7.66. The number of amides is 2. The van der Waals surface area contributed by atoms with Crippen LogP contribution in [0.15, 0.2) is 66.9 Å². The lowest BCUT2D eigenvalue weighted by Gasteiger charge is -2.28. The van der Waals surface area contributed by atoms with E-state index in [0.29, 0.717) is 31.1 Å². The third-order valence-electron chi connectivity index (χ3n) is 7.66. The van der Waals surface area contributed by atoms with E-state index in [1.807, 2.05) is 64.2 Å². The topological polar surface area (TPSA) is 105 Å². The van der Waals surface area contributed by atoms with Crippen molar-refractivity contribution >= 4 is 39.9 Å². The van der Waals surface area contributed by atoms with Crippen LogP contribution in [0.4, 0.5) is 17.2 Å². The number of benzene rings is 2. The molecule has 0 unspecified atom stereocenters. The summed E-state index contributed by atoms with van der Waals surface area (Å²) in [6.45, 7) is 5.41. The summed E-state index contributed by atoms with van der Waals surface area (Å²) in [5.74, 6) is 1.51. The van der Waals surface area contributed by atoms with Crippen LogP contribution in [0, 0.1) is 0 Å². The summed E-state index contributed by atoms with van der Waals surface area (Å²) < 4.78 is 7.42. The van der Waals surface area contributed by atoms with E-state index < -0.39 is 0 Å². The van der Waals surface area contributed by atoms with Gasteiger partial charge in [0.15, 0.2) is 11.6 Å². The molecule has 0 spiro atoms. The maximum Gasteiger partial charge on any atom is 0.224 e. The fraction of sp³-hybridized carbons (Fsp3) is 0.355. The Labute approximate surface area is 239 Å². The smallest absolute Gasteiger partial charge is 0.224 e. The Morgan fingerprint density at radius 2 is 1.78 bits per heavy atom. The Hall–Kier alpha value is -4.44. The zero-order valence-electron chi connectivity index (χ0n) is 23.1. The van der Waals surface area contributed by atoms with Gasteiger partial charge in [-0.05, 0) is 60.9 Å². The molecule has 2 aliphatic heterocycles. The molecule has 2 aromatic carbocycles. The molecule has 2 N–H and O–H groups in total. The fourth-order valence-electron chi connectivity index (χ4n) is 5.50. The van der Waals surface area contributed by atoms with Crippen molar-refractivity contribution in [2.75, 3.05) is 56.2 Å². The first-order valence-corrected chi connectivity index (χ1v) is 14.3. The largest absolute Gasteiger partial charge is 0.378 e. The van der Waals surface area contributed by atoms with Gasteiger partial charge < -0.3 is 25.2 Å². The first-order chi connectivity index (χ1) is 20.1. The molecule has 41 heavy (non-hydrogen) atoms. The molecule has 2 fully saturated rings. The van der Waals surface area contributed by atoms with Crippen molar-refractivity contribution in [3.8, 4) is 5.82 Å². The number of ether oxygens (including phenoxy) is 1. The minimum absolute atomic E-state index is 0.0362. The van der Waals surface area contributed by atoms with Gasteiger partial charge >= 0.3 is 0 Å². The highest BCUT2D eigenvalue weighted by molar-refractivity contribution is 5.90. The summed E-state index contributed by atoms with van der Waals surface area (Å²) in [6.07, 6.45) is 4.57. The quantitative estimate of drug-likeness (QED) is 0.289. The van der Waals surface area contributed by atoms with Crippen molar-refractivity contribution < 1.29 is 14.3 Å². The van der Waals surface area contributed by atoms with Crippen LogP contribution in [0.3, 0.4) is 0 Å². The number of hydrogen-bond acceptors (Lipinski definition) is 7. The number of hydrogen-bond donors (Lipinski definition) is 2. The molecule has 2 amide bonds. The summed E-state index contributed by atoms with van der Waals surface area (Å²) in [5, 5.41) is 16.2. The van der Waals surface area contributed by atoms with Crippen LogP contribution in [-0.4, -0.2) is 77.4 Å². The molecule has 2 saturated heterocycles. The van der Waals surface area contributed by atoms with Crippen molar-refractivity contribution in [3.63, 3.8) is 0 Å². The number of nitrogens with one attached hydrogen (secondary N) is 2. The molecule has 0 bridgehead atoms. The Bertz CT molecular complexity index is 1490. The molecule has 212 valence electrons. The van der Waals surface area contributed by atoms with Crippen molar-refractivity contribution in [1.29, 1.82) is 0 Å². The van der Waals surface area contributed by atoms with E-state index in [1.54, 1.807) is 0 Å². The van der Waals surface area contributed by atoms with Gasteiger partial charge in [0.25, 0.3) is 0 Å².